The Morgan fingerprint density at radius 1 is 1.25 bits per heavy atom. The van der Waals surface area contributed by atoms with Gasteiger partial charge in [-0.1, -0.05) is 6.07 Å². The van der Waals surface area contributed by atoms with Gasteiger partial charge < -0.3 is 5.11 Å². The molecule has 1 heterocycles. The van der Waals surface area contributed by atoms with E-state index in [0.717, 1.165) is 5.56 Å². The van der Waals surface area contributed by atoms with Crippen LogP contribution >= 0.6 is 0 Å². The van der Waals surface area contributed by atoms with E-state index in [1.807, 2.05) is 6.92 Å². The van der Waals surface area contributed by atoms with Gasteiger partial charge in [-0.05, 0) is 30.2 Å². The zero-order valence-corrected chi connectivity index (χ0v) is 8.76. The van der Waals surface area contributed by atoms with Gasteiger partial charge in [-0.2, -0.15) is 0 Å². The van der Waals surface area contributed by atoms with Crippen LogP contribution in [-0.4, -0.2) is 15.1 Å². The molecule has 0 fully saturated rings. The fourth-order valence-corrected chi connectivity index (χ4v) is 1.54. The number of nitrogens with zero attached hydrogens (tertiary/aromatic N) is 2. The Kier molecular flexibility index (Phi) is 2.92. The molecule has 0 aliphatic carbocycles. The molecular weight excluding hydrogens is 207 g/mol. The van der Waals surface area contributed by atoms with Crippen LogP contribution in [0.15, 0.2) is 36.9 Å². The van der Waals surface area contributed by atoms with E-state index in [1.165, 1.54) is 30.9 Å². The van der Waals surface area contributed by atoms with E-state index in [0.29, 0.717) is 11.1 Å². The Morgan fingerprint density at radius 3 is 2.62 bits per heavy atom. The maximum absolute atomic E-state index is 13.1. The summed E-state index contributed by atoms with van der Waals surface area (Å²) in [6, 6.07) is 4.33. The normalized spacial score (nSPS) is 12.4. The van der Waals surface area contributed by atoms with Crippen molar-refractivity contribution in [1.29, 1.82) is 0 Å². The quantitative estimate of drug-likeness (QED) is 0.838. The summed E-state index contributed by atoms with van der Waals surface area (Å²) >= 11 is 0. The highest BCUT2D eigenvalue weighted by atomic mass is 19.1. The molecular formula is C12H11FN2O. The number of benzene rings is 1. The third kappa shape index (κ3) is 2.06. The summed E-state index contributed by atoms with van der Waals surface area (Å²) in [5, 5.41) is 10.1. The van der Waals surface area contributed by atoms with Crippen LogP contribution in [0.5, 0.6) is 0 Å². The third-order valence-electron chi connectivity index (χ3n) is 2.43. The number of aromatic nitrogens is 2. The monoisotopic (exact) mass is 218 g/mol. The van der Waals surface area contributed by atoms with Crippen LogP contribution in [0.1, 0.15) is 22.8 Å². The zero-order valence-electron chi connectivity index (χ0n) is 8.76. The molecule has 4 heteroatoms. The van der Waals surface area contributed by atoms with Crippen LogP contribution in [0.3, 0.4) is 0 Å². The van der Waals surface area contributed by atoms with Gasteiger partial charge in [-0.25, -0.2) is 14.4 Å². The van der Waals surface area contributed by atoms with Crippen molar-refractivity contribution in [2.75, 3.05) is 0 Å². The molecule has 0 aliphatic rings. The van der Waals surface area contributed by atoms with Gasteiger partial charge in [0, 0.05) is 18.0 Å². The summed E-state index contributed by atoms with van der Waals surface area (Å²) in [5.74, 6) is -0.364. The molecule has 0 radical (unpaired) electrons. The molecule has 16 heavy (non-hydrogen) atoms. The highest BCUT2D eigenvalue weighted by molar-refractivity contribution is 5.33. The van der Waals surface area contributed by atoms with Crippen molar-refractivity contribution >= 4 is 0 Å². The molecule has 2 rings (SSSR count). The summed E-state index contributed by atoms with van der Waals surface area (Å²) in [6.07, 6.45) is 3.52. The van der Waals surface area contributed by atoms with Gasteiger partial charge in [-0.15, -0.1) is 0 Å². The average molecular weight is 218 g/mol. The maximum Gasteiger partial charge on any atom is 0.123 e. The summed E-state index contributed by atoms with van der Waals surface area (Å²) in [5.41, 5.74) is 1.92. The second-order valence-electron chi connectivity index (χ2n) is 3.58. The summed E-state index contributed by atoms with van der Waals surface area (Å²) < 4.78 is 13.1. The maximum atomic E-state index is 13.1. The summed E-state index contributed by atoms with van der Waals surface area (Å²) in [6.45, 7) is 1.82. The van der Waals surface area contributed by atoms with Crippen LogP contribution in [0, 0.1) is 12.7 Å². The number of rotatable bonds is 2. The highest BCUT2D eigenvalue weighted by Gasteiger charge is 2.13. The van der Waals surface area contributed by atoms with Crippen molar-refractivity contribution in [2.45, 2.75) is 13.0 Å². The van der Waals surface area contributed by atoms with Crippen LogP contribution in [-0.2, 0) is 0 Å². The zero-order chi connectivity index (χ0) is 11.5. The van der Waals surface area contributed by atoms with Gasteiger partial charge >= 0.3 is 0 Å². The van der Waals surface area contributed by atoms with Crippen molar-refractivity contribution in [3.8, 4) is 0 Å². The molecule has 0 spiro atoms. The number of aliphatic hydroxyl groups excluding tert-OH is 1. The smallest absolute Gasteiger partial charge is 0.123 e. The van der Waals surface area contributed by atoms with Crippen molar-refractivity contribution in [2.24, 2.45) is 0 Å². The first-order chi connectivity index (χ1) is 7.68. The van der Waals surface area contributed by atoms with Crippen LogP contribution in [0.2, 0.25) is 0 Å². The Bertz CT molecular complexity index is 488. The minimum Gasteiger partial charge on any atom is -0.384 e. The van der Waals surface area contributed by atoms with E-state index < -0.39 is 6.10 Å². The second-order valence-corrected chi connectivity index (χ2v) is 3.58. The van der Waals surface area contributed by atoms with Crippen LogP contribution in [0.25, 0.3) is 0 Å². The van der Waals surface area contributed by atoms with E-state index in [4.69, 9.17) is 0 Å². The molecule has 0 bridgehead atoms. The first-order valence-electron chi connectivity index (χ1n) is 4.87. The van der Waals surface area contributed by atoms with Crippen LogP contribution in [0.4, 0.5) is 4.39 Å². The number of hydrogen-bond acceptors (Lipinski definition) is 3. The molecule has 0 aliphatic heterocycles. The number of halogens is 1. The highest BCUT2D eigenvalue weighted by Crippen LogP contribution is 2.24. The van der Waals surface area contributed by atoms with Gasteiger partial charge in [0.25, 0.3) is 0 Å². The van der Waals surface area contributed by atoms with Crippen molar-refractivity contribution in [1.82, 2.24) is 9.97 Å². The first kappa shape index (κ1) is 10.7. The molecule has 1 aromatic heterocycles. The summed E-state index contributed by atoms with van der Waals surface area (Å²) in [4.78, 5) is 7.64. The lowest BCUT2D eigenvalue weighted by atomic mass is 9.99. The minimum atomic E-state index is -0.892. The fourth-order valence-electron chi connectivity index (χ4n) is 1.54. The standard InChI is InChI=1S/C12H11FN2O/c1-8-2-3-10(13)4-11(8)12(16)9-5-14-7-15-6-9/h2-7,12,16H,1H3. The molecule has 82 valence electrons. The average Bonchev–Trinajstić information content (AvgIpc) is 2.32. The first-order valence-corrected chi connectivity index (χ1v) is 4.87. The Balaban J connectivity index is 2.41. The SMILES string of the molecule is Cc1ccc(F)cc1C(O)c1cncnc1. The van der Waals surface area contributed by atoms with E-state index >= 15 is 0 Å². The number of aryl methyl sites for hydroxylation is 1. The number of hydrogen-bond donors (Lipinski definition) is 1. The van der Waals surface area contributed by atoms with E-state index in [1.54, 1.807) is 6.07 Å². The van der Waals surface area contributed by atoms with Gasteiger partial charge in [0.05, 0.1) is 0 Å². The fraction of sp³-hybridized carbons (Fsp3) is 0.167. The van der Waals surface area contributed by atoms with E-state index in [2.05, 4.69) is 9.97 Å². The Labute approximate surface area is 92.6 Å². The van der Waals surface area contributed by atoms with Gasteiger partial charge in [0.15, 0.2) is 0 Å². The lowest BCUT2D eigenvalue weighted by molar-refractivity contribution is 0.218. The minimum absolute atomic E-state index is 0.364. The van der Waals surface area contributed by atoms with Gasteiger partial charge in [0.1, 0.15) is 18.2 Å². The molecule has 1 aromatic carbocycles. The molecule has 1 unspecified atom stereocenters. The largest absolute Gasteiger partial charge is 0.384 e. The topological polar surface area (TPSA) is 46.0 Å². The van der Waals surface area contributed by atoms with Gasteiger partial charge in [-0.3, -0.25) is 0 Å². The molecule has 1 N–H and O–H groups in total. The number of aliphatic hydroxyl groups is 1. The van der Waals surface area contributed by atoms with Crippen molar-refractivity contribution in [3.63, 3.8) is 0 Å². The predicted octanol–water partition coefficient (Wildman–Crippen LogP) is 2.01. The molecule has 0 saturated carbocycles. The lowest BCUT2D eigenvalue weighted by Gasteiger charge is -2.13. The molecule has 2 aromatic rings. The molecule has 0 amide bonds. The van der Waals surface area contributed by atoms with Gasteiger partial charge in [0.2, 0.25) is 0 Å². The van der Waals surface area contributed by atoms with Crippen molar-refractivity contribution in [3.05, 3.63) is 59.4 Å². The predicted molar refractivity (Wildman–Crippen MR) is 57.2 cm³/mol. The van der Waals surface area contributed by atoms with E-state index in [-0.39, 0.29) is 5.82 Å². The molecule has 1 atom stereocenters. The Hall–Kier alpha value is -1.81. The van der Waals surface area contributed by atoms with Crippen molar-refractivity contribution < 1.29 is 9.50 Å². The van der Waals surface area contributed by atoms with E-state index in [9.17, 15) is 9.50 Å². The summed E-state index contributed by atoms with van der Waals surface area (Å²) in [7, 11) is 0. The third-order valence-corrected chi connectivity index (χ3v) is 2.43. The Morgan fingerprint density at radius 2 is 1.94 bits per heavy atom. The molecule has 3 nitrogen and oxygen atoms in total. The second kappa shape index (κ2) is 4.37. The molecule has 0 saturated heterocycles. The van der Waals surface area contributed by atoms with Crippen LogP contribution < -0.4 is 0 Å². The lowest BCUT2D eigenvalue weighted by Crippen LogP contribution is -2.03.